The van der Waals surface area contributed by atoms with E-state index >= 15 is 0 Å². The van der Waals surface area contributed by atoms with E-state index in [0.29, 0.717) is 22.9 Å². The Bertz CT molecular complexity index is 1190. The van der Waals surface area contributed by atoms with E-state index < -0.39 is 0 Å². The molecule has 0 unspecified atom stereocenters. The highest BCUT2D eigenvalue weighted by Gasteiger charge is 2.32. The van der Waals surface area contributed by atoms with Crippen LogP contribution in [0, 0.1) is 18.2 Å². The number of carbonyl (C=O) groups excluding carboxylic acids is 3. The topological polar surface area (TPSA) is 57.7 Å². The summed E-state index contributed by atoms with van der Waals surface area (Å²) in [5.74, 6) is 1.23. The lowest BCUT2D eigenvalue weighted by Crippen LogP contribution is -2.41. The molecule has 5 nitrogen and oxygen atoms in total. The summed E-state index contributed by atoms with van der Waals surface area (Å²) >= 11 is 0. The van der Waals surface area contributed by atoms with Crippen LogP contribution in [0.25, 0.3) is 10.8 Å². The minimum absolute atomic E-state index is 0.118. The first-order chi connectivity index (χ1) is 15.5. The molecule has 1 aliphatic heterocycles. The normalized spacial score (nSPS) is 12.7. The van der Waals surface area contributed by atoms with Gasteiger partial charge in [-0.15, -0.1) is 6.42 Å². The summed E-state index contributed by atoms with van der Waals surface area (Å²) in [7, 11) is 0. The first kappa shape index (κ1) is 21.3. The van der Waals surface area contributed by atoms with Gasteiger partial charge in [0.05, 0.1) is 6.54 Å². The number of halogens is 1. The molecule has 0 atom stereocenters. The fraction of sp³-hybridized carbons (Fsp3) is 0.192. The lowest BCUT2D eigenvalue weighted by Gasteiger charge is -2.27. The molecule has 3 amide bonds. The largest absolute Gasteiger partial charge is 0.327 e. The predicted octanol–water partition coefficient (Wildman–Crippen LogP) is 4.02. The van der Waals surface area contributed by atoms with Crippen molar-refractivity contribution in [2.24, 2.45) is 0 Å². The number of imide groups is 1. The van der Waals surface area contributed by atoms with E-state index in [-0.39, 0.29) is 49.6 Å². The number of amides is 3. The number of carbonyl (C=O) groups is 3. The zero-order chi connectivity index (χ0) is 22.7. The zero-order valence-corrected chi connectivity index (χ0v) is 17.4. The minimum atomic E-state index is -0.350. The fourth-order valence-electron chi connectivity index (χ4n) is 3.98. The molecular weight excluding hydrogens is 407 g/mol. The standard InChI is InChI=1S/C26H21FN2O3/c1-2-15-28(17-18-11-13-20(27)14-12-18)23(30)10-5-16-29-25(31)21-8-3-6-19-7-4-9-22(24(19)21)26(29)32/h1,3-4,6-9,11-14H,5,10,15-17H2. The van der Waals surface area contributed by atoms with Crippen molar-refractivity contribution < 1.29 is 18.8 Å². The molecular formula is C26H21FN2O3. The molecule has 0 saturated heterocycles. The molecule has 32 heavy (non-hydrogen) atoms. The van der Waals surface area contributed by atoms with Gasteiger partial charge in [0, 0.05) is 36.0 Å². The summed E-state index contributed by atoms with van der Waals surface area (Å²) in [5.41, 5.74) is 1.75. The Hall–Kier alpha value is -3.98. The third-order valence-electron chi connectivity index (χ3n) is 5.55. The second-order valence-corrected chi connectivity index (χ2v) is 7.66. The van der Waals surface area contributed by atoms with Gasteiger partial charge in [-0.25, -0.2) is 4.39 Å². The van der Waals surface area contributed by atoms with Gasteiger partial charge >= 0.3 is 0 Å². The second kappa shape index (κ2) is 9.03. The molecule has 0 aromatic heterocycles. The van der Waals surface area contributed by atoms with Crippen LogP contribution in [-0.4, -0.2) is 40.6 Å². The van der Waals surface area contributed by atoms with Gasteiger partial charge in [0.25, 0.3) is 11.8 Å². The first-order valence-electron chi connectivity index (χ1n) is 10.3. The van der Waals surface area contributed by atoms with Crippen LogP contribution in [0.2, 0.25) is 0 Å². The molecule has 3 aromatic carbocycles. The van der Waals surface area contributed by atoms with Crippen molar-refractivity contribution in [2.75, 3.05) is 13.1 Å². The van der Waals surface area contributed by atoms with Crippen LogP contribution in [0.1, 0.15) is 39.1 Å². The lowest BCUT2D eigenvalue weighted by atomic mass is 9.94. The van der Waals surface area contributed by atoms with Gasteiger partial charge in [-0.2, -0.15) is 0 Å². The Labute approximate surface area is 185 Å². The van der Waals surface area contributed by atoms with Crippen LogP contribution in [0.15, 0.2) is 60.7 Å². The maximum absolute atomic E-state index is 13.1. The molecule has 6 heteroatoms. The van der Waals surface area contributed by atoms with E-state index in [1.807, 2.05) is 12.1 Å². The van der Waals surface area contributed by atoms with Crippen LogP contribution in [0.5, 0.6) is 0 Å². The molecule has 160 valence electrons. The van der Waals surface area contributed by atoms with Crippen LogP contribution >= 0.6 is 0 Å². The summed E-state index contributed by atoms with van der Waals surface area (Å²) in [6.07, 6.45) is 5.86. The maximum Gasteiger partial charge on any atom is 0.261 e. The number of hydrogen-bond acceptors (Lipinski definition) is 3. The van der Waals surface area contributed by atoms with Crippen molar-refractivity contribution in [1.82, 2.24) is 9.80 Å². The highest BCUT2D eigenvalue weighted by molar-refractivity contribution is 6.25. The third-order valence-corrected chi connectivity index (χ3v) is 5.55. The van der Waals surface area contributed by atoms with E-state index in [0.717, 1.165) is 10.9 Å². The van der Waals surface area contributed by atoms with Crippen LogP contribution < -0.4 is 0 Å². The molecule has 0 saturated carbocycles. The van der Waals surface area contributed by atoms with Crippen LogP contribution in [0.3, 0.4) is 0 Å². The number of terminal acetylenes is 1. The monoisotopic (exact) mass is 428 g/mol. The van der Waals surface area contributed by atoms with E-state index in [2.05, 4.69) is 5.92 Å². The van der Waals surface area contributed by atoms with E-state index in [1.165, 1.54) is 21.9 Å². The Morgan fingerprint density at radius 1 is 0.969 bits per heavy atom. The zero-order valence-electron chi connectivity index (χ0n) is 17.4. The summed E-state index contributed by atoms with van der Waals surface area (Å²) in [4.78, 5) is 41.3. The Morgan fingerprint density at radius 2 is 1.59 bits per heavy atom. The molecule has 0 aliphatic carbocycles. The van der Waals surface area contributed by atoms with Crippen molar-refractivity contribution in [1.29, 1.82) is 0 Å². The van der Waals surface area contributed by atoms with Crippen molar-refractivity contribution in [3.05, 3.63) is 83.2 Å². The highest BCUT2D eigenvalue weighted by atomic mass is 19.1. The van der Waals surface area contributed by atoms with Crippen LogP contribution in [-0.2, 0) is 11.3 Å². The van der Waals surface area contributed by atoms with Gasteiger partial charge in [-0.05, 0) is 41.6 Å². The quantitative estimate of drug-likeness (QED) is 0.422. The molecule has 0 N–H and O–H groups in total. The SMILES string of the molecule is C#CCN(Cc1ccc(F)cc1)C(=O)CCCN1C(=O)c2cccc3cccc(c23)C1=O. The average Bonchev–Trinajstić information content (AvgIpc) is 2.80. The van der Waals surface area contributed by atoms with Gasteiger partial charge in [0.15, 0.2) is 0 Å². The maximum atomic E-state index is 13.1. The number of benzene rings is 3. The van der Waals surface area contributed by atoms with Gasteiger partial charge in [-0.3, -0.25) is 19.3 Å². The summed E-state index contributed by atoms with van der Waals surface area (Å²) < 4.78 is 13.1. The van der Waals surface area contributed by atoms with Gasteiger partial charge in [0.1, 0.15) is 5.82 Å². The van der Waals surface area contributed by atoms with E-state index in [9.17, 15) is 18.8 Å². The average molecular weight is 428 g/mol. The number of nitrogens with zero attached hydrogens (tertiary/aromatic N) is 2. The molecule has 0 radical (unpaired) electrons. The molecule has 0 fully saturated rings. The fourth-order valence-corrected chi connectivity index (χ4v) is 3.98. The number of hydrogen-bond donors (Lipinski definition) is 0. The molecule has 0 spiro atoms. The highest BCUT2D eigenvalue weighted by Crippen LogP contribution is 2.30. The third kappa shape index (κ3) is 4.10. The minimum Gasteiger partial charge on any atom is -0.327 e. The molecule has 0 bridgehead atoms. The smallest absolute Gasteiger partial charge is 0.261 e. The van der Waals surface area contributed by atoms with Crippen LogP contribution in [0.4, 0.5) is 4.39 Å². The van der Waals surface area contributed by atoms with Gasteiger partial charge in [-0.1, -0.05) is 42.3 Å². The van der Waals surface area contributed by atoms with Crippen molar-refractivity contribution in [3.8, 4) is 12.3 Å². The molecule has 3 aromatic rings. The Morgan fingerprint density at radius 3 is 2.19 bits per heavy atom. The van der Waals surface area contributed by atoms with Crippen molar-refractivity contribution >= 4 is 28.5 Å². The number of rotatable bonds is 7. The summed E-state index contributed by atoms with van der Waals surface area (Å²) in [6, 6.07) is 16.7. The van der Waals surface area contributed by atoms with Gasteiger partial charge < -0.3 is 4.90 Å². The lowest BCUT2D eigenvalue weighted by molar-refractivity contribution is -0.131. The first-order valence-corrected chi connectivity index (χ1v) is 10.3. The van der Waals surface area contributed by atoms with E-state index in [4.69, 9.17) is 6.42 Å². The van der Waals surface area contributed by atoms with E-state index in [1.54, 1.807) is 36.4 Å². The molecule has 1 heterocycles. The Balaban J connectivity index is 1.42. The van der Waals surface area contributed by atoms with Crippen molar-refractivity contribution in [2.45, 2.75) is 19.4 Å². The predicted molar refractivity (Wildman–Crippen MR) is 119 cm³/mol. The molecule has 4 rings (SSSR count). The summed E-state index contributed by atoms with van der Waals surface area (Å²) in [5, 5.41) is 1.53. The van der Waals surface area contributed by atoms with Gasteiger partial charge in [0.2, 0.25) is 5.91 Å². The molecule has 1 aliphatic rings. The van der Waals surface area contributed by atoms with Crippen molar-refractivity contribution in [3.63, 3.8) is 0 Å². The summed E-state index contributed by atoms with van der Waals surface area (Å²) in [6.45, 7) is 0.516. The Kier molecular flexibility index (Phi) is 6.00. The second-order valence-electron chi connectivity index (χ2n) is 7.66.